The summed E-state index contributed by atoms with van der Waals surface area (Å²) >= 11 is 0. The molecule has 0 radical (unpaired) electrons. The van der Waals surface area contributed by atoms with Crippen LogP contribution in [0.25, 0.3) is 0 Å². The summed E-state index contributed by atoms with van der Waals surface area (Å²) < 4.78 is 0. The van der Waals surface area contributed by atoms with Gasteiger partial charge >= 0.3 is 0 Å². The summed E-state index contributed by atoms with van der Waals surface area (Å²) in [5, 5.41) is 0. The van der Waals surface area contributed by atoms with Crippen LogP contribution in [0.15, 0.2) is 0 Å². The molecule has 0 aromatic heterocycles. The first kappa shape index (κ1) is 14.9. The SMILES string of the molecule is CCC1(CN2C(=O)C3CCCCN3C(=O)C2C)CCCC1. The molecule has 118 valence electrons. The van der Waals surface area contributed by atoms with Crippen LogP contribution in [-0.4, -0.2) is 46.8 Å². The lowest BCUT2D eigenvalue weighted by Gasteiger charge is -2.48. The monoisotopic (exact) mass is 292 g/mol. The third-order valence-corrected chi connectivity index (χ3v) is 6.10. The van der Waals surface area contributed by atoms with Crippen LogP contribution in [0, 0.1) is 5.41 Å². The molecule has 2 amide bonds. The molecule has 0 aromatic rings. The van der Waals surface area contributed by atoms with Gasteiger partial charge in [0.1, 0.15) is 12.1 Å². The Balaban J connectivity index is 1.80. The number of hydrogen-bond donors (Lipinski definition) is 0. The van der Waals surface area contributed by atoms with Crippen molar-refractivity contribution in [1.82, 2.24) is 9.80 Å². The molecule has 4 heteroatoms. The summed E-state index contributed by atoms with van der Waals surface area (Å²) in [5.74, 6) is 0.380. The Hall–Kier alpha value is -1.06. The van der Waals surface area contributed by atoms with Gasteiger partial charge in [0, 0.05) is 13.1 Å². The van der Waals surface area contributed by atoms with Crippen molar-refractivity contribution in [3.63, 3.8) is 0 Å². The van der Waals surface area contributed by atoms with E-state index in [0.29, 0.717) is 0 Å². The molecule has 0 aromatic carbocycles. The van der Waals surface area contributed by atoms with Crippen molar-refractivity contribution in [1.29, 1.82) is 0 Å². The van der Waals surface area contributed by atoms with Crippen molar-refractivity contribution in [2.75, 3.05) is 13.1 Å². The van der Waals surface area contributed by atoms with Crippen LogP contribution in [-0.2, 0) is 9.59 Å². The maximum Gasteiger partial charge on any atom is 0.246 e. The minimum absolute atomic E-state index is 0.169. The maximum absolute atomic E-state index is 12.9. The number of amides is 2. The minimum Gasteiger partial charge on any atom is -0.329 e. The number of piperazine rings is 1. The first-order valence-electron chi connectivity index (χ1n) is 8.69. The Morgan fingerprint density at radius 1 is 1.10 bits per heavy atom. The zero-order chi connectivity index (χ0) is 15.0. The zero-order valence-corrected chi connectivity index (χ0v) is 13.4. The molecule has 0 bridgehead atoms. The lowest BCUT2D eigenvalue weighted by Crippen LogP contribution is -2.66. The third kappa shape index (κ3) is 2.47. The van der Waals surface area contributed by atoms with E-state index < -0.39 is 0 Å². The number of rotatable bonds is 3. The molecular formula is C17H28N2O2. The van der Waals surface area contributed by atoms with Gasteiger partial charge in [-0.1, -0.05) is 19.8 Å². The number of carbonyl (C=O) groups excluding carboxylic acids is 2. The topological polar surface area (TPSA) is 40.6 Å². The Morgan fingerprint density at radius 2 is 1.81 bits per heavy atom. The maximum atomic E-state index is 12.9. The number of nitrogens with zero attached hydrogens (tertiary/aromatic N) is 2. The highest BCUT2D eigenvalue weighted by atomic mass is 16.2. The normalized spacial score (nSPS) is 32.5. The van der Waals surface area contributed by atoms with Crippen molar-refractivity contribution in [2.45, 2.75) is 77.3 Å². The molecule has 2 unspecified atom stereocenters. The average molecular weight is 292 g/mol. The molecule has 0 spiro atoms. The van der Waals surface area contributed by atoms with Gasteiger partial charge in [0.25, 0.3) is 0 Å². The van der Waals surface area contributed by atoms with E-state index in [1.165, 1.54) is 25.7 Å². The highest BCUT2D eigenvalue weighted by Crippen LogP contribution is 2.42. The molecule has 0 N–H and O–H groups in total. The van der Waals surface area contributed by atoms with Gasteiger partial charge in [-0.3, -0.25) is 9.59 Å². The van der Waals surface area contributed by atoms with Gasteiger partial charge in [0.2, 0.25) is 11.8 Å². The summed E-state index contributed by atoms with van der Waals surface area (Å²) in [7, 11) is 0. The average Bonchev–Trinajstić information content (AvgIpc) is 2.99. The molecule has 21 heavy (non-hydrogen) atoms. The molecule has 1 aliphatic carbocycles. The smallest absolute Gasteiger partial charge is 0.246 e. The van der Waals surface area contributed by atoms with Crippen LogP contribution in [0.5, 0.6) is 0 Å². The minimum atomic E-state index is -0.268. The third-order valence-electron chi connectivity index (χ3n) is 6.10. The first-order valence-corrected chi connectivity index (χ1v) is 8.69. The van der Waals surface area contributed by atoms with Gasteiger partial charge < -0.3 is 9.80 Å². The van der Waals surface area contributed by atoms with Gasteiger partial charge in [-0.05, 0) is 50.9 Å². The van der Waals surface area contributed by atoms with Gasteiger partial charge in [0.15, 0.2) is 0 Å². The Bertz CT molecular complexity index is 429. The van der Waals surface area contributed by atoms with Crippen molar-refractivity contribution < 1.29 is 9.59 Å². The van der Waals surface area contributed by atoms with Crippen molar-refractivity contribution in [2.24, 2.45) is 5.41 Å². The van der Waals surface area contributed by atoms with Gasteiger partial charge in [-0.25, -0.2) is 0 Å². The Kier molecular flexibility index (Phi) is 3.98. The van der Waals surface area contributed by atoms with Crippen LogP contribution in [0.1, 0.15) is 65.2 Å². The predicted molar refractivity (Wildman–Crippen MR) is 81.7 cm³/mol. The van der Waals surface area contributed by atoms with Crippen LogP contribution < -0.4 is 0 Å². The van der Waals surface area contributed by atoms with Crippen LogP contribution in [0.3, 0.4) is 0 Å². The Labute approximate surface area is 127 Å². The highest BCUT2D eigenvalue weighted by molar-refractivity contribution is 5.97. The second-order valence-electron chi connectivity index (χ2n) is 7.25. The highest BCUT2D eigenvalue weighted by Gasteiger charge is 2.47. The molecule has 2 saturated heterocycles. The predicted octanol–water partition coefficient (Wildman–Crippen LogP) is 2.57. The van der Waals surface area contributed by atoms with E-state index in [2.05, 4.69) is 6.92 Å². The molecule has 2 aliphatic heterocycles. The molecule has 4 nitrogen and oxygen atoms in total. The molecule has 3 fully saturated rings. The van der Waals surface area contributed by atoms with Gasteiger partial charge in [-0.15, -0.1) is 0 Å². The molecular weight excluding hydrogens is 264 g/mol. The fraction of sp³-hybridized carbons (Fsp3) is 0.882. The number of carbonyl (C=O) groups is 2. The van der Waals surface area contributed by atoms with Crippen molar-refractivity contribution >= 4 is 11.8 Å². The van der Waals surface area contributed by atoms with E-state index in [0.717, 1.165) is 38.8 Å². The molecule has 2 atom stereocenters. The Morgan fingerprint density at radius 3 is 2.48 bits per heavy atom. The van der Waals surface area contributed by atoms with E-state index in [-0.39, 0.29) is 29.3 Å². The van der Waals surface area contributed by atoms with E-state index in [1.54, 1.807) is 0 Å². The number of piperidine rings is 1. The number of hydrogen-bond acceptors (Lipinski definition) is 2. The quantitative estimate of drug-likeness (QED) is 0.802. The molecule has 1 saturated carbocycles. The van der Waals surface area contributed by atoms with Crippen LogP contribution >= 0.6 is 0 Å². The van der Waals surface area contributed by atoms with Crippen molar-refractivity contribution in [3.05, 3.63) is 0 Å². The van der Waals surface area contributed by atoms with Gasteiger partial charge in [-0.2, -0.15) is 0 Å². The van der Waals surface area contributed by atoms with Crippen LogP contribution in [0.2, 0.25) is 0 Å². The van der Waals surface area contributed by atoms with E-state index in [4.69, 9.17) is 0 Å². The summed E-state index contributed by atoms with van der Waals surface area (Å²) in [6.07, 6.45) is 9.05. The summed E-state index contributed by atoms with van der Waals surface area (Å²) in [6, 6.07) is -0.436. The second kappa shape index (κ2) is 5.62. The van der Waals surface area contributed by atoms with E-state index in [9.17, 15) is 9.59 Å². The summed E-state index contributed by atoms with van der Waals surface area (Å²) in [5.41, 5.74) is 0.265. The second-order valence-corrected chi connectivity index (χ2v) is 7.25. The molecule has 2 heterocycles. The first-order chi connectivity index (χ1) is 10.1. The fourth-order valence-electron chi connectivity index (χ4n) is 4.53. The largest absolute Gasteiger partial charge is 0.329 e. The lowest BCUT2D eigenvalue weighted by atomic mass is 9.81. The van der Waals surface area contributed by atoms with Crippen LogP contribution in [0.4, 0.5) is 0 Å². The van der Waals surface area contributed by atoms with Crippen molar-refractivity contribution in [3.8, 4) is 0 Å². The molecule has 3 rings (SSSR count). The molecule has 3 aliphatic rings. The van der Waals surface area contributed by atoms with E-state index >= 15 is 0 Å². The van der Waals surface area contributed by atoms with Gasteiger partial charge in [0.05, 0.1) is 0 Å². The van der Waals surface area contributed by atoms with E-state index in [1.807, 2.05) is 16.7 Å². The fourth-order valence-corrected chi connectivity index (χ4v) is 4.53. The standard InChI is InChI=1S/C17H28N2O2/c1-3-17(9-5-6-10-17)12-19-13(2)15(20)18-11-7-4-8-14(18)16(19)21/h13-14H,3-12H2,1-2H3. The number of fused-ring (bicyclic) bond motifs is 1. The summed E-state index contributed by atoms with van der Waals surface area (Å²) in [6.45, 7) is 5.72. The lowest BCUT2D eigenvalue weighted by molar-refractivity contribution is -0.164. The summed E-state index contributed by atoms with van der Waals surface area (Å²) in [4.78, 5) is 29.3. The zero-order valence-electron chi connectivity index (χ0n) is 13.4.